The van der Waals surface area contributed by atoms with Gasteiger partial charge in [-0.15, -0.1) is 0 Å². The summed E-state index contributed by atoms with van der Waals surface area (Å²) in [6.07, 6.45) is 2.31. The van der Waals surface area contributed by atoms with Gasteiger partial charge >= 0.3 is 0 Å². The predicted molar refractivity (Wildman–Crippen MR) is 93.1 cm³/mol. The highest BCUT2D eigenvalue weighted by atomic mass is 19.1. The van der Waals surface area contributed by atoms with Crippen LogP contribution in [0.2, 0.25) is 0 Å². The predicted octanol–water partition coefficient (Wildman–Crippen LogP) is 3.79. The van der Waals surface area contributed by atoms with Crippen molar-refractivity contribution in [3.8, 4) is 11.5 Å². The largest absolute Gasteiger partial charge is 0.497 e. The summed E-state index contributed by atoms with van der Waals surface area (Å²) < 4.78 is 24.1. The van der Waals surface area contributed by atoms with E-state index in [-0.39, 0.29) is 24.7 Å². The fourth-order valence-corrected chi connectivity index (χ4v) is 2.69. The Labute approximate surface area is 147 Å². The van der Waals surface area contributed by atoms with Crippen LogP contribution < -0.4 is 9.47 Å². The van der Waals surface area contributed by atoms with Gasteiger partial charge in [0.2, 0.25) is 5.91 Å². The van der Waals surface area contributed by atoms with Crippen LogP contribution in [-0.2, 0) is 11.3 Å². The highest BCUT2D eigenvalue weighted by Gasteiger charge is 2.32. The molecule has 132 valence electrons. The number of nitrogens with zero attached hydrogens (tertiary/aromatic N) is 1. The Bertz CT molecular complexity index is 713. The summed E-state index contributed by atoms with van der Waals surface area (Å²) in [4.78, 5) is 14.5. The minimum atomic E-state index is -0.410. The van der Waals surface area contributed by atoms with Crippen LogP contribution in [0.3, 0.4) is 0 Å². The first-order chi connectivity index (χ1) is 12.2. The number of methoxy groups -OCH3 is 1. The van der Waals surface area contributed by atoms with Gasteiger partial charge in [0.05, 0.1) is 20.1 Å². The Morgan fingerprint density at radius 2 is 1.88 bits per heavy atom. The molecule has 25 heavy (non-hydrogen) atoms. The van der Waals surface area contributed by atoms with Crippen molar-refractivity contribution in [2.45, 2.75) is 31.8 Å². The van der Waals surface area contributed by atoms with Crippen molar-refractivity contribution < 1.29 is 18.7 Å². The first-order valence-electron chi connectivity index (χ1n) is 8.47. The molecule has 1 fully saturated rings. The van der Waals surface area contributed by atoms with Crippen LogP contribution in [0.25, 0.3) is 0 Å². The van der Waals surface area contributed by atoms with Crippen molar-refractivity contribution in [3.63, 3.8) is 0 Å². The molecule has 0 heterocycles. The van der Waals surface area contributed by atoms with E-state index in [1.54, 1.807) is 25.3 Å². The number of para-hydroxylation sites is 1. The van der Waals surface area contributed by atoms with E-state index >= 15 is 0 Å². The number of amides is 1. The lowest BCUT2D eigenvalue weighted by molar-refractivity contribution is -0.133. The Morgan fingerprint density at radius 1 is 1.16 bits per heavy atom. The molecule has 0 saturated heterocycles. The smallest absolute Gasteiger partial charge is 0.226 e. The highest BCUT2D eigenvalue weighted by Crippen LogP contribution is 2.29. The van der Waals surface area contributed by atoms with Gasteiger partial charge in [-0.2, -0.15) is 0 Å². The molecule has 1 aliphatic rings. The molecule has 0 unspecified atom stereocenters. The zero-order chi connectivity index (χ0) is 17.6. The second-order valence-electron chi connectivity index (χ2n) is 6.13. The molecule has 1 saturated carbocycles. The zero-order valence-electron chi connectivity index (χ0n) is 14.3. The summed E-state index contributed by atoms with van der Waals surface area (Å²) >= 11 is 0. The molecule has 1 aliphatic carbocycles. The van der Waals surface area contributed by atoms with Crippen LogP contribution in [0.1, 0.15) is 24.8 Å². The van der Waals surface area contributed by atoms with E-state index in [4.69, 9.17) is 9.47 Å². The Balaban J connectivity index is 1.55. The third kappa shape index (κ3) is 4.72. The van der Waals surface area contributed by atoms with Gasteiger partial charge in [0, 0.05) is 12.6 Å². The molecular weight excluding hydrogens is 321 g/mol. The minimum absolute atomic E-state index is 0.0367. The van der Waals surface area contributed by atoms with Crippen LogP contribution in [0.5, 0.6) is 11.5 Å². The monoisotopic (exact) mass is 343 g/mol. The summed E-state index contributed by atoms with van der Waals surface area (Å²) in [5, 5.41) is 0. The summed E-state index contributed by atoms with van der Waals surface area (Å²) in [5.74, 6) is 0.608. The lowest BCUT2D eigenvalue weighted by Crippen LogP contribution is -2.33. The van der Waals surface area contributed by atoms with Crippen molar-refractivity contribution in [1.82, 2.24) is 4.90 Å². The van der Waals surface area contributed by atoms with E-state index in [0.29, 0.717) is 12.6 Å². The fourth-order valence-electron chi connectivity index (χ4n) is 2.69. The number of benzene rings is 2. The molecule has 0 radical (unpaired) electrons. The Kier molecular flexibility index (Phi) is 5.53. The number of ether oxygens (including phenoxy) is 2. The number of rotatable bonds is 8. The number of halogens is 1. The van der Waals surface area contributed by atoms with Gasteiger partial charge in [-0.3, -0.25) is 4.79 Å². The quantitative estimate of drug-likeness (QED) is 0.732. The summed E-state index contributed by atoms with van der Waals surface area (Å²) in [6, 6.07) is 14.3. The molecule has 1 amide bonds. The summed E-state index contributed by atoms with van der Waals surface area (Å²) in [5.41, 5.74) is 1.07. The average molecular weight is 343 g/mol. The molecule has 0 aromatic heterocycles. The molecule has 0 spiro atoms. The molecule has 3 rings (SSSR count). The topological polar surface area (TPSA) is 38.8 Å². The Hall–Kier alpha value is -2.56. The van der Waals surface area contributed by atoms with Crippen molar-refractivity contribution >= 4 is 5.91 Å². The molecule has 0 aliphatic heterocycles. The zero-order valence-corrected chi connectivity index (χ0v) is 14.3. The average Bonchev–Trinajstić information content (AvgIpc) is 3.46. The lowest BCUT2D eigenvalue weighted by Gasteiger charge is -2.23. The molecule has 5 heteroatoms. The maximum absolute atomic E-state index is 13.5. The third-order valence-corrected chi connectivity index (χ3v) is 4.23. The number of carbonyl (C=O) groups excluding carboxylic acids is 1. The molecule has 0 bridgehead atoms. The van der Waals surface area contributed by atoms with E-state index < -0.39 is 5.82 Å². The SMILES string of the molecule is COc1ccc(CN(C(=O)CCOc2ccccc2F)C2CC2)cc1. The lowest BCUT2D eigenvalue weighted by atomic mass is 10.2. The van der Waals surface area contributed by atoms with Crippen molar-refractivity contribution in [2.75, 3.05) is 13.7 Å². The number of hydrogen-bond acceptors (Lipinski definition) is 3. The van der Waals surface area contributed by atoms with Crippen molar-refractivity contribution in [1.29, 1.82) is 0 Å². The second kappa shape index (κ2) is 8.01. The van der Waals surface area contributed by atoms with Gasteiger partial charge in [0.1, 0.15) is 5.75 Å². The minimum Gasteiger partial charge on any atom is -0.497 e. The third-order valence-electron chi connectivity index (χ3n) is 4.23. The Morgan fingerprint density at radius 3 is 2.52 bits per heavy atom. The first-order valence-corrected chi connectivity index (χ1v) is 8.47. The second-order valence-corrected chi connectivity index (χ2v) is 6.13. The molecule has 0 atom stereocenters. The summed E-state index contributed by atoms with van der Waals surface area (Å²) in [6.45, 7) is 0.749. The summed E-state index contributed by atoms with van der Waals surface area (Å²) in [7, 11) is 1.63. The van der Waals surface area contributed by atoms with Crippen LogP contribution >= 0.6 is 0 Å². The van der Waals surface area contributed by atoms with Crippen LogP contribution in [0.15, 0.2) is 48.5 Å². The number of hydrogen-bond donors (Lipinski definition) is 0. The van der Waals surface area contributed by atoms with Gasteiger partial charge in [-0.1, -0.05) is 24.3 Å². The highest BCUT2D eigenvalue weighted by molar-refractivity contribution is 5.77. The number of carbonyl (C=O) groups is 1. The van der Waals surface area contributed by atoms with E-state index in [1.165, 1.54) is 6.07 Å². The van der Waals surface area contributed by atoms with Crippen LogP contribution in [-0.4, -0.2) is 30.6 Å². The maximum Gasteiger partial charge on any atom is 0.226 e. The van der Waals surface area contributed by atoms with Gasteiger partial charge in [0.25, 0.3) is 0 Å². The van der Waals surface area contributed by atoms with Crippen LogP contribution in [0, 0.1) is 5.82 Å². The molecule has 2 aromatic rings. The normalized spacial score (nSPS) is 13.4. The first kappa shape index (κ1) is 17.3. The standard InChI is InChI=1S/C20H22FNO3/c1-24-17-10-6-15(7-11-17)14-22(16-8-9-16)20(23)12-13-25-19-5-3-2-4-18(19)21/h2-7,10-11,16H,8-9,12-14H2,1H3. The van der Waals surface area contributed by atoms with Crippen molar-refractivity contribution in [3.05, 3.63) is 59.9 Å². The van der Waals surface area contributed by atoms with E-state index in [9.17, 15) is 9.18 Å². The van der Waals surface area contributed by atoms with E-state index in [1.807, 2.05) is 29.2 Å². The van der Waals surface area contributed by atoms with Crippen molar-refractivity contribution in [2.24, 2.45) is 0 Å². The van der Waals surface area contributed by atoms with Gasteiger partial charge < -0.3 is 14.4 Å². The van der Waals surface area contributed by atoms with Gasteiger partial charge in [-0.05, 0) is 42.7 Å². The molecule has 4 nitrogen and oxygen atoms in total. The molecular formula is C20H22FNO3. The van der Waals surface area contributed by atoms with Gasteiger partial charge in [0.15, 0.2) is 11.6 Å². The fraction of sp³-hybridized carbons (Fsp3) is 0.350. The maximum atomic E-state index is 13.5. The van der Waals surface area contributed by atoms with Crippen LogP contribution in [0.4, 0.5) is 4.39 Å². The van der Waals surface area contributed by atoms with E-state index in [2.05, 4.69) is 0 Å². The van der Waals surface area contributed by atoms with E-state index in [0.717, 1.165) is 24.2 Å². The molecule has 0 N–H and O–H groups in total. The van der Waals surface area contributed by atoms with Gasteiger partial charge in [-0.25, -0.2) is 4.39 Å². The molecule has 2 aromatic carbocycles.